The lowest BCUT2D eigenvalue weighted by Gasteiger charge is -2.31. The zero-order chi connectivity index (χ0) is 20.5. The first-order chi connectivity index (χ1) is 13.4. The average molecular weight is 390 g/mol. The normalized spacial score (nSPS) is 15.4. The quantitative estimate of drug-likeness (QED) is 0.511. The summed E-state index contributed by atoms with van der Waals surface area (Å²) in [7, 11) is 0. The molecule has 154 valence electrons. The molecule has 0 radical (unpaired) electrons. The van der Waals surface area contributed by atoms with Crippen molar-refractivity contribution < 1.29 is 14.3 Å². The molecule has 8 nitrogen and oxygen atoms in total. The molecule has 0 aliphatic carbocycles. The molecular formula is C20H31N5O3. The molecule has 4 N–H and O–H groups in total. The van der Waals surface area contributed by atoms with Crippen LogP contribution in [0.25, 0.3) is 0 Å². The van der Waals surface area contributed by atoms with E-state index in [1.165, 1.54) is 0 Å². The van der Waals surface area contributed by atoms with Crippen LogP contribution in [0.2, 0.25) is 0 Å². The van der Waals surface area contributed by atoms with Gasteiger partial charge in [-0.2, -0.15) is 0 Å². The summed E-state index contributed by atoms with van der Waals surface area (Å²) in [5.74, 6) is 0.333. The van der Waals surface area contributed by atoms with Gasteiger partial charge in [-0.3, -0.25) is 4.79 Å². The van der Waals surface area contributed by atoms with E-state index in [-0.39, 0.29) is 24.0 Å². The van der Waals surface area contributed by atoms with Crippen molar-refractivity contribution in [2.24, 2.45) is 16.6 Å². The third kappa shape index (κ3) is 6.75. The number of nitrogens with two attached hydrogens (primary N) is 1. The topological polar surface area (TPSA) is 109 Å². The third-order valence-corrected chi connectivity index (χ3v) is 4.55. The van der Waals surface area contributed by atoms with Crippen LogP contribution in [0, 0.1) is 5.92 Å². The number of likely N-dealkylation sites (tertiary alicyclic amines) is 1. The van der Waals surface area contributed by atoms with Crippen LogP contribution in [-0.2, 0) is 16.1 Å². The van der Waals surface area contributed by atoms with Gasteiger partial charge in [0.15, 0.2) is 5.96 Å². The smallest absolute Gasteiger partial charge is 0.409 e. The molecule has 2 rings (SSSR count). The summed E-state index contributed by atoms with van der Waals surface area (Å²) in [6, 6.07) is 7.76. The lowest BCUT2D eigenvalue weighted by molar-refractivity contribution is -0.118. The zero-order valence-corrected chi connectivity index (χ0v) is 16.9. The molecule has 2 amide bonds. The van der Waals surface area contributed by atoms with Crippen molar-refractivity contribution >= 4 is 23.6 Å². The van der Waals surface area contributed by atoms with Crippen LogP contribution in [0.5, 0.6) is 0 Å². The van der Waals surface area contributed by atoms with Gasteiger partial charge in [-0.05, 0) is 37.5 Å². The van der Waals surface area contributed by atoms with E-state index in [1.54, 1.807) is 11.8 Å². The van der Waals surface area contributed by atoms with E-state index in [4.69, 9.17) is 10.5 Å². The van der Waals surface area contributed by atoms with Crippen LogP contribution >= 0.6 is 0 Å². The number of nitrogens with one attached hydrogen (secondary N) is 2. The number of ether oxygens (including phenoxy) is 1. The fourth-order valence-corrected chi connectivity index (χ4v) is 2.83. The standard InChI is InChI=1S/C20H31N5O3/c1-4-28-20(27)25-11-9-17(10-12-25)24-19(21)22-13-15-5-7-16(8-6-15)23-18(26)14(2)3/h5-8,14,17H,4,9-13H2,1-3H3,(H,23,26)(H3,21,22,24). The zero-order valence-electron chi connectivity index (χ0n) is 16.9. The minimum Gasteiger partial charge on any atom is -0.450 e. The highest BCUT2D eigenvalue weighted by Crippen LogP contribution is 2.13. The second-order valence-electron chi connectivity index (χ2n) is 7.15. The molecule has 0 atom stereocenters. The van der Waals surface area contributed by atoms with Crippen molar-refractivity contribution in [1.82, 2.24) is 10.2 Å². The van der Waals surface area contributed by atoms with E-state index in [0.29, 0.717) is 32.2 Å². The van der Waals surface area contributed by atoms with E-state index < -0.39 is 0 Å². The largest absolute Gasteiger partial charge is 0.450 e. The molecule has 0 bridgehead atoms. The van der Waals surface area contributed by atoms with E-state index in [1.807, 2.05) is 38.1 Å². The van der Waals surface area contributed by atoms with Gasteiger partial charge >= 0.3 is 6.09 Å². The number of piperidine rings is 1. The Bertz CT molecular complexity index is 680. The lowest BCUT2D eigenvalue weighted by atomic mass is 10.1. The lowest BCUT2D eigenvalue weighted by Crippen LogP contribution is -2.48. The van der Waals surface area contributed by atoms with Crippen LogP contribution in [0.1, 0.15) is 39.2 Å². The van der Waals surface area contributed by atoms with Crippen LogP contribution in [0.3, 0.4) is 0 Å². The molecule has 1 aliphatic heterocycles. The summed E-state index contributed by atoms with van der Waals surface area (Å²) in [5, 5.41) is 6.08. The van der Waals surface area contributed by atoms with Gasteiger partial charge in [-0.1, -0.05) is 26.0 Å². The molecule has 1 saturated heterocycles. The summed E-state index contributed by atoms with van der Waals surface area (Å²) in [4.78, 5) is 29.5. The predicted molar refractivity (Wildman–Crippen MR) is 110 cm³/mol. The van der Waals surface area contributed by atoms with Gasteiger partial charge < -0.3 is 26.0 Å². The number of hydrogen-bond donors (Lipinski definition) is 3. The van der Waals surface area contributed by atoms with Gasteiger partial charge in [0.1, 0.15) is 0 Å². The number of carbonyl (C=O) groups excluding carboxylic acids is 2. The van der Waals surface area contributed by atoms with Crippen molar-refractivity contribution in [3.8, 4) is 0 Å². The maximum Gasteiger partial charge on any atom is 0.409 e. The molecule has 1 aromatic carbocycles. The Labute approximate surface area is 166 Å². The first-order valence-electron chi connectivity index (χ1n) is 9.77. The summed E-state index contributed by atoms with van der Waals surface area (Å²) < 4.78 is 5.02. The van der Waals surface area contributed by atoms with Crippen LogP contribution in [0.15, 0.2) is 29.3 Å². The highest BCUT2D eigenvalue weighted by Gasteiger charge is 2.23. The first kappa shape index (κ1) is 21.5. The van der Waals surface area contributed by atoms with Crippen molar-refractivity contribution in [3.63, 3.8) is 0 Å². The molecule has 0 spiro atoms. The van der Waals surface area contributed by atoms with Gasteiger partial charge in [0.2, 0.25) is 5.91 Å². The molecule has 1 fully saturated rings. The van der Waals surface area contributed by atoms with Gasteiger partial charge in [0.25, 0.3) is 0 Å². The molecule has 1 aliphatic rings. The number of anilines is 1. The summed E-state index contributed by atoms with van der Waals surface area (Å²) in [5.41, 5.74) is 7.77. The molecule has 1 aromatic rings. The van der Waals surface area contributed by atoms with Gasteiger partial charge in [0, 0.05) is 30.7 Å². The van der Waals surface area contributed by atoms with E-state index in [9.17, 15) is 9.59 Å². The number of guanidine groups is 1. The maximum absolute atomic E-state index is 11.7. The van der Waals surface area contributed by atoms with Gasteiger partial charge in [-0.15, -0.1) is 0 Å². The number of hydrogen-bond acceptors (Lipinski definition) is 4. The van der Waals surface area contributed by atoms with Crippen LogP contribution < -0.4 is 16.4 Å². The average Bonchev–Trinajstić information content (AvgIpc) is 2.68. The van der Waals surface area contributed by atoms with Crippen molar-refractivity contribution in [3.05, 3.63) is 29.8 Å². The van der Waals surface area contributed by atoms with E-state index in [0.717, 1.165) is 24.1 Å². The minimum atomic E-state index is -0.254. The SMILES string of the molecule is CCOC(=O)N1CCC(NC(N)=NCc2ccc(NC(=O)C(C)C)cc2)CC1. The van der Waals surface area contributed by atoms with Gasteiger partial charge in [0.05, 0.1) is 13.2 Å². The Morgan fingerprint density at radius 2 is 1.89 bits per heavy atom. The minimum absolute atomic E-state index is 0.00628. The summed E-state index contributed by atoms with van der Waals surface area (Å²) in [6.07, 6.45) is 1.36. The van der Waals surface area contributed by atoms with E-state index in [2.05, 4.69) is 15.6 Å². The first-order valence-corrected chi connectivity index (χ1v) is 9.77. The Kier molecular flexibility index (Phi) is 8.10. The fourth-order valence-electron chi connectivity index (χ4n) is 2.83. The number of aliphatic imine (C=N–C) groups is 1. The second kappa shape index (κ2) is 10.5. The second-order valence-corrected chi connectivity index (χ2v) is 7.15. The van der Waals surface area contributed by atoms with Crippen LogP contribution in [-0.4, -0.2) is 48.6 Å². The number of amides is 2. The summed E-state index contributed by atoms with van der Waals surface area (Å²) in [6.45, 7) is 7.66. The molecule has 0 aromatic heterocycles. The number of nitrogens with zero attached hydrogens (tertiary/aromatic N) is 2. The van der Waals surface area contributed by atoms with Gasteiger partial charge in [-0.25, -0.2) is 9.79 Å². The number of carbonyl (C=O) groups is 2. The van der Waals surface area contributed by atoms with Crippen LogP contribution in [0.4, 0.5) is 10.5 Å². The monoisotopic (exact) mass is 389 g/mol. The molecule has 28 heavy (non-hydrogen) atoms. The highest BCUT2D eigenvalue weighted by molar-refractivity contribution is 5.92. The predicted octanol–water partition coefficient (Wildman–Crippen LogP) is 2.31. The van der Waals surface area contributed by atoms with Crippen molar-refractivity contribution in [2.45, 2.75) is 46.2 Å². The Balaban J connectivity index is 1.77. The Hall–Kier alpha value is -2.77. The third-order valence-electron chi connectivity index (χ3n) is 4.55. The van der Waals surface area contributed by atoms with Crippen molar-refractivity contribution in [1.29, 1.82) is 0 Å². The summed E-state index contributed by atoms with van der Waals surface area (Å²) >= 11 is 0. The number of benzene rings is 1. The van der Waals surface area contributed by atoms with E-state index >= 15 is 0 Å². The Morgan fingerprint density at radius 3 is 2.46 bits per heavy atom. The molecule has 1 heterocycles. The number of rotatable bonds is 6. The highest BCUT2D eigenvalue weighted by atomic mass is 16.6. The van der Waals surface area contributed by atoms with Crippen molar-refractivity contribution in [2.75, 3.05) is 25.0 Å². The Morgan fingerprint density at radius 1 is 1.25 bits per heavy atom. The molecule has 0 unspecified atom stereocenters. The molecule has 8 heteroatoms. The molecule has 0 saturated carbocycles. The maximum atomic E-state index is 11.7. The molecular weight excluding hydrogens is 358 g/mol. The fraction of sp³-hybridized carbons (Fsp3) is 0.550.